The number of rotatable bonds is 4. The number of nitrogens with zero attached hydrogens (tertiary/aromatic N) is 1. The molecule has 0 spiro atoms. The molecule has 0 radical (unpaired) electrons. The Labute approximate surface area is 117 Å². The smallest absolute Gasteiger partial charge is 0.183 e. The number of thiazole rings is 1. The van der Waals surface area contributed by atoms with Crippen LogP contribution in [0.3, 0.4) is 0 Å². The van der Waals surface area contributed by atoms with Gasteiger partial charge in [-0.2, -0.15) is 0 Å². The first kappa shape index (κ1) is 13.4. The van der Waals surface area contributed by atoms with Gasteiger partial charge in [-0.25, -0.2) is 4.98 Å². The summed E-state index contributed by atoms with van der Waals surface area (Å²) < 4.78 is 0. The molecule has 0 atom stereocenters. The molecular formula is C14H17ClN2S. The van der Waals surface area contributed by atoms with E-state index < -0.39 is 0 Å². The number of aromatic nitrogens is 1. The molecule has 2 aromatic rings. The van der Waals surface area contributed by atoms with E-state index in [1.807, 2.05) is 25.3 Å². The molecule has 0 aliphatic carbocycles. The van der Waals surface area contributed by atoms with Gasteiger partial charge >= 0.3 is 0 Å². The van der Waals surface area contributed by atoms with Crippen LogP contribution < -0.4 is 5.32 Å². The molecule has 0 aliphatic heterocycles. The van der Waals surface area contributed by atoms with Gasteiger partial charge in [-0.15, -0.1) is 0 Å². The third-order valence-corrected chi connectivity index (χ3v) is 4.03. The summed E-state index contributed by atoms with van der Waals surface area (Å²) in [6.07, 6.45) is 1.90. The zero-order valence-electron chi connectivity index (χ0n) is 10.8. The Balaban J connectivity index is 2.16. The van der Waals surface area contributed by atoms with Gasteiger partial charge in [-0.3, -0.25) is 0 Å². The molecule has 96 valence electrons. The predicted octanol–water partition coefficient (Wildman–Crippen LogP) is 4.84. The van der Waals surface area contributed by atoms with Gasteiger partial charge in [0.15, 0.2) is 5.13 Å². The van der Waals surface area contributed by atoms with Crippen molar-refractivity contribution >= 4 is 28.1 Å². The van der Waals surface area contributed by atoms with Crippen LogP contribution in [0.15, 0.2) is 24.4 Å². The van der Waals surface area contributed by atoms with Crippen LogP contribution in [0.1, 0.15) is 19.4 Å². The molecule has 0 amide bonds. The first-order chi connectivity index (χ1) is 8.56. The number of hydrogen-bond donors (Lipinski definition) is 1. The van der Waals surface area contributed by atoms with Gasteiger partial charge in [0.05, 0.1) is 4.88 Å². The Bertz CT molecular complexity index is 534. The van der Waals surface area contributed by atoms with E-state index in [9.17, 15) is 0 Å². The fraction of sp³-hybridized carbons (Fsp3) is 0.357. The van der Waals surface area contributed by atoms with Crippen molar-refractivity contribution in [3.63, 3.8) is 0 Å². The van der Waals surface area contributed by atoms with E-state index in [2.05, 4.69) is 30.2 Å². The Morgan fingerprint density at radius 2 is 2.17 bits per heavy atom. The summed E-state index contributed by atoms with van der Waals surface area (Å²) in [5.74, 6) is 0.617. The second-order valence-corrected chi connectivity index (χ2v) is 6.21. The predicted molar refractivity (Wildman–Crippen MR) is 80.6 cm³/mol. The summed E-state index contributed by atoms with van der Waals surface area (Å²) in [6, 6.07) is 6.12. The molecule has 2 rings (SSSR count). The van der Waals surface area contributed by atoms with E-state index in [4.69, 9.17) is 11.6 Å². The van der Waals surface area contributed by atoms with Crippen molar-refractivity contribution in [2.45, 2.75) is 20.8 Å². The zero-order valence-corrected chi connectivity index (χ0v) is 12.4. The first-order valence-electron chi connectivity index (χ1n) is 6.02. The maximum absolute atomic E-state index is 6.14. The van der Waals surface area contributed by atoms with Crippen molar-refractivity contribution in [1.29, 1.82) is 0 Å². The number of nitrogens with one attached hydrogen (secondary N) is 1. The highest BCUT2D eigenvalue weighted by molar-refractivity contribution is 7.18. The van der Waals surface area contributed by atoms with Gasteiger partial charge in [0.2, 0.25) is 0 Å². The van der Waals surface area contributed by atoms with Crippen LogP contribution in [0.4, 0.5) is 5.13 Å². The van der Waals surface area contributed by atoms with Crippen molar-refractivity contribution in [3.05, 3.63) is 35.0 Å². The molecule has 2 nitrogen and oxygen atoms in total. The van der Waals surface area contributed by atoms with Gasteiger partial charge in [-0.05, 0) is 30.0 Å². The SMILES string of the molecule is Cc1ccc(-c2cnc(NCC(C)C)s2)cc1Cl. The molecule has 0 saturated carbocycles. The second kappa shape index (κ2) is 5.72. The Hall–Kier alpha value is -1.06. The maximum Gasteiger partial charge on any atom is 0.183 e. The van der Waals surface area contributed by atoms with Gasteiger partial charge in [0, 0.05) is 17.8 Å². The summed E-state index contributed by atoms with van der Waals surface area (Å²) in [5, 5.41) is 5.11. The largest absolute Gasteiger partial charge is 0.361 e. The Morgan fingerprint density at radius 1 is 1.39 bits per heavy atom. The normalized spacial score (nSPS) is 10.9. The van der Waals surface area contributed by atoms with Crippen LogP contribution in [0.25, 0.3) is 10.4 Å². The third-order valence-electron chi connectivity index (χ3n) is 2.62. The van der Waals surface area contributed by atoms with Crippen LogP contribution in [0, 0.1) is 12.8 Å². The average molecular weight is 281 g/mol. The van der Waals surface area contributed by atoms with Crippen LogP contribution in [-0.4, -0.2) is 11.5 Å². The highest BCUT2D eigenvalue weighted by Gasteiger charge is 2.06. The number of hydrogen-bond acceptors (Lipinski definition) is 3. The average Bonchev–Trinajstić information content (AvgIpc) is 2.79. The van der Waals surface area contributed by atoms with E-state index >= 15 is 0 Å². The van der Waals surface area contributed by atoms with Crippen molar-refractivity contribution in [3.8, 4) is 10.4 Å². The molecule has 1 heterocycles. The summed E-state index contributed by atoms with van der Waals surface area (Å²) in [6.45, 7) is 7.32. The van der Waals surface area contributed by atoms with Crippen molar-refractivity contribution in [1.82, 2.24) is 4.98 Å². The highest BCUT2D eigenvalue weighted by atomic mass is 35.5. The molecule has 0 fully saturated rings. The van der Waals surface area contributed by atoms with Crippen LogP contribution >= 0.6 is 22.9 Å². The van der Waals surface area contributed by atoms with E-state index in [0.29, 0.717) is 5.92 Å². The molecule has 0 bridgehead atoms. The molecule has 1 aromatic carbocycles. The highest BCUT2D eigenvalue weighted by Crippen LogP contribution is 2.31. The lowest BCUT2D eigenvalue weighted by Crippen LogP contribution is -2.07. The fourth-order valence-corrected chi connectivity index (χ4v) is 2.53. The quantitative estimate of drug-likeness (QED) is 0.867. The molecule has 4 heteroatoms. The Kier molecular flexibility index (Phi) is 4.25. The fourth-order valence-electron chi connectivity index (χ4n) is 1.53. The van der Waals surface area contributed by atoms with Crippen molar-refractivity contribution in [2.75, 3.05) is 11.9 Å². The summed E-state index contributed by atoms with van der Waals surface area (Å²) >= 11 is 7.80. The lowest BCUT2D eigenvalue weighted by molar-refractivity contribution is 0.688. The standard InChI is InChI=1S/C14H17ClN2S/c1-9(2)7-16-14-17-8-13(18-14)11-5-4-10(3)12(15)6-11/h4-6,8-9H,7H2,1-3H3,(H,16,17). The lowest BCUT2D eigenvalue weighted by atomic mass is 10.1. The van der Waals surface area contributed by atoms with Crippen molar-refractivity contribution in [2.24, 2.45) is 5.92 Å². The molecule has 0 unspecified atom stereocenters. The van der Waals surface area contributed by atoms with Crippen LogP contribution in [0.5, 0.6) is 0 Å². The lowest BCUT2D eigenvalue weighted by Gasteiger charge is -2.04. The monoisotopic (exact) mass is 280 g/mol. The zero-order chi connectivity index (χ0) is 13.1. The van der Waals surface area contributed by atoms with Crippen LogP contribution in [0.2, 0.25) is 5.02 Å². The number of benzene rings is 1. The minimum atomic E-state index is 0.617. The van der Waals surface area contributed by atoms with E-state index in [1.165, 1.54) is 0 Å². The molecule has 1 N–H and O–H groups in total. The van der Waals surface area contributed by atoms with Gasteiger partial charge in [0.1, 0.15) is 0 Å². The van der Waals surface area contributed by atoms with Gasteiger partial charge < -0.3 is 5.32 Å². The van der Waals surface area contributed by atoms with Crippen LogP contribution in [-0.2, 0) is 0 Å². The minimum absolute atomic E-state index is 0.617. The summed E-state index contributed by atoms with van der Waals surface area (Å²) in [4.78, 5) is 5.52. The maximum atomic E-state index is 6.14. The molecule has 1 aromatic heterocycles. The number of halogens is 1. The number of anilines is 1. The molecular weight excluding hydrogens is 264 g/mol. The Morgan fingerprint density at radius 3 is 2.83 bits per heavy atom. The second-order valence-electron chi connectivity index (χ2n) is 4.77. The van der Waals surface area contributed by atoms with E-state index in [1.54, 1.807) is 11.3 Å². The summed E-state index contributed by atoms with van der Waals surface area (Å²) in [5.41, 5.74) is 2.23. The first-order valence-corrected chi connectivity index (χ1v) is 7.22. The van der Waals surface area contributed by atoms with Crippen molar-refractivity contribution < 1.29 is 0 Å². The topological polar surface area (TPSA) is 24.9 Å². The van der Waals surface area contributed by atoms with E-state index in [0.717, 1.165) is 32.7 Å². The summed E-state index contributed by atoms with van der Waals surface area (Å²) in [7, 11) is 0. The van der Waals surface area contributed by atoms with Gasteiger partial charge in [-0.1, -0.05) is 48.9 Å². The van der Waals surface area contributed by atoms with E-state index in [-0.39, 0.29) is 0 Å². The third kappa shape index (κ3) is 3.24. The number of aryl methyl sites for hydroxylation is 1. The molecule has 18 heavy (non-hydrogen) atoms. The molecule has 0 aliphatic rings. The van der Waals surface area contributed by atoms with Gasteiger partial charge in [0.25, 0.3) is 0 Å². The molecule has 0 saturated heterocycles. The minimum Gasteiger partial charge on any atom is -0.361 e.